The number of hydrogen-bond donors (Lipinski definition) is 0. The van der Waals surface area contributed by atoms with Crippen molar-refractivity contribution in [3.05, 3.63) is 0 Å². The summed E-state index contributed by atoms with van der Waals surface area (Å²) in [6.07, 6.45) is 4.19. The molecule has 0 amide bonds. The smallest absolute Gasteiger partial charge is 0.150 e. The Morgan fingerprint density at radius 1 is 1.27 bits per heavy atom. The van der Waals surface area contributed by atoms with Crippen LogP contribution < -0.4 is 0 Å². The van der Waals surface area contributed by atoms with Crippen molar-refractivity contribution in [1.82, 2.24) is 0 Å². The van der Waals surface area contributed by atoms with E-state index in [9.17, 15) is 8.42 Å². The second kappa shape index (κ2) is 3.57. The topological polar surface area (TPSA) is 34.1 Å². The predicted molar refractivity (Wildman–Crippen MR) is 46.3 cm³/mol. The van der Waals surface area contributed by atoms with Crippen LogP contribution in [-0.2, 0) is 9.84 Å². The average molecular weight is 176 g/mol. The van der Waals surface area contributed by atoms with Crippen molar-refractivity contribution in [3.63, 3.8) is 0 Å². The molecule has 0 aliphatic carbocycles. The molecule has 3 heteroatoms. The molecule has 0 aromatic carbocycles. The van der Waals surface area contributed by atoms with E-state index in [1.807, 2.05) is 0 Å². The van der Waals surface area contributed by atoms with Gasteiger partial charge in [-0.25, -0.2) is 8.42 Å². The summed E-state index contributed by atoms with van der Waals surface area (Å²) < 4.78 is 22.0. The van der Waals surface area contributed by atoms with Crippen molar-refractivity contribution in [2.75, 3.05) is 11.5 Å². The molecule has 0 aromatic heterocycles. The first-order valence-corrected chi connectivity index (χ1v) is 6.16. The predicted octanol–water partition coefficient (Wildman–Crippen LogP) is 1.61. The van der Waals surface area contributed by atoms with Crippen LogP contribution in [0.1, 0.15) is 32.6 Å². The molecule has 0 atom stereocenters. The van der Waals surface area contributed by atoms with Crippen LogP contribution in [-0.4, -0.2) is 19.9 Å². The van der Waals surface area contributed by atoms with Crippen LogP contribution >= 0.6 is 0 Å². The molecule has 66 valence electrons. The molecule has 1 aliphatic heterocycles. The average Bonchev–Trinajstić information content (AvgIpc) is 1.94. The third-order valence-corrected chi connectivity index (χ3v) is 4.09. The van der Waals surface area contributed by atoms with Gasteiger partial charge in [0.15, 0.2) is 0 Å². The Morgan fingerprint density at radius 2 is 1.82 bits per heavy atom. The van der Waals surface area contributed by atoms with Crippen molar-refractivity contribution in [2.24, 2.45) is 5.92 Å². The largest absolute Gasteiger partial charge is 0.229 e. The van der Waals surface area contributed by atoms with Crippen LogP contribution in [0.5, 0.6) is 0 Å². The highest BCUT2D eigenvalue weighted by Gasteiger charge is 2.22. The maximum Gasteiger partial charge on any atom is 0.150 e. The normalized spacial score (nSPS) is 25.2. The van der Waals surface area contributed by atoms with Gasteiger partial charge >= 0.3 is 0 Å². The molecule has 0 unspecified atom stereocenters. The van der Waals surface area contributed by atoms with Gasteiger partial charge in [-0.05, 0) is 18.8 Å². The molecule has 0 aromatic rings. The summed E-state index contributed by atoms with van der Waals surface area (Å²) in [7, 11) is -2.63. The first-order valence-electron chi connectivity index (χ1n) is 4.34. The Bertz CT molecular complexity index is 192. The van der Waals surface area contributed by atoms with Gasteiger partial charge < -0.3 is 0 Å². The van der Waals surface area contributed by atoms with Crippen LogP contribution in [0, 0.1) is 5.92 Å². The summed E-state index contributed by atoms with van der Waals surface area (Å²) in [6, 6.07) is 0. The number of sulfone groups is 1. The van der Waals surface area contributed by atoms with Crippen molar-refractivity contribution >= 4 is 9.84 Å². The lowest BCUT2D eigenvalue weighted by Crippen LogP contribution is -2.23. The van der Waals surface area contributed by atoms with E-state index in [1.165, 1.54) is 12.8 Å². The van der Waals surface area contributed by atoms with E-state index in [2.05, 4.69) is 6.92 Å². The molecule has 11 heavy (non-hydrogen) atoms. The molecule has 1 aliphatic rings. The summed E-state index contributed by atoms with van der Waals surface area (Å²) in [5.74, 6) is 1.54. The van der Waals surface area contributed by atoms with Crippen molar-refractivity contribution in [3.8, 4) is 0 Å². The lowest BCUT2D eigenvalue weighted by Gasteiger charge is -2.20. The summed E-state index contributed by atoms with van der Waals surface area (Å²) >= 11 is 0. The molecule has 0 spiro atoms. The first-order chi connectivity index (χ1) is 5.14. The van der Waals surface area contributed by atoms with Gasteiger partial charge in [-0.2, -0.15) is 0 Å². The Morgan fingerprint density at radius 3 is 2.27 bits per heavy atom. The Hall–Kier alpha value is -0.0500. The van der Waals surface area contributed by atoms with Gasteiger partial charge in [-0.1, -0.05) is 19.8 Å². The molecule has 0 bridgehead atoms. The van der Waals surface area contributed by atoms with Crippen molar-refractivity contribution in [2.45, 2.75) is 32.6 Å². The first kappa shape index (κ1) is 9.04. The zero-order chi connectivity index (χ0) is 8.32. The Balaban J connectivity index is 2.36. The van der Waals surface area contributed by atoms with Crippen LogP contribution in [0.3, 0.4) is 0 Å². The molecule has 1 heterocycles. The van der Waals surface area contributed by atoms with Crippen LogP contribution in [0.2, 0.25) is 0 Å². The molecular weight excluding hydrogens is 160 g/mol. The molecule has 2 nitrogen and oxygen atoms in total. The summed E-state index contributed by atoms with van der Waals surface area (Å²) in [5.41, 5.74) is 0. The van der Waals surface area contributed by atoms with E-state index in [4.69, 9.17) is 0 Å². The lowest BCUT2D eigenvalue weighted by molar-refractivity contribution is 0.431. The Labute approximate surface area is 68.9 Å². The quantitative estimate of drug-likeness (QED) is 0.640. The van der Waals surface area contributed by atoms with Crippen molar-refractivity contribution < 1.29 is 8.42 Å². The van der Waals surface area contributed by atoms with E-state index < -0.39 is 9.84 Å². The van der Waals surface area contributed by atoms with Crippen LogP contribution in [0.4, 0.5) is 0 Å². The van der Waals surface area contributed by atoms with Crippen molar-refractivity contribution in [1.29, 1.82) is 0 Å². The third-order valence-electron chi connectivity index (χ3n) is 2.37. The summed E-state index contributed by atoms with van der Waals surface area (Å²) in [5, 5.41) is 0. The zero-order valence-corrected chi connectivity index (χ0v) is 7.86. The maximum absolute atomic E-state index is 11.0. The van der Waals surface area contributed by atoms with Gasteiger partial charge in [-0.15, -0.1) is 0 Å². The van der Waals surface area contributed by atoms with E-state index >= 15 is 0 Å². The van der Waals surface area contributed by atoms with Gasteiger partial charge in [0, 0.05) is 0 Å². The molecule has 1 rings (SSSR count). The number of hydrogen-bond acceptors (Lipinski definition) is 2. The highest BCUT2D eigenvalue weighted by molar-refractivity contribution is 7.91. The van der Waals surface area contributed by atoms with E-state index in [-0.39, 0.29) is 0 Å². The molecule has 1 fully saturated rings. The minimum Gasteiger partial charge on any atom is -0.229 e. The Kier molecular flexibility index (Phi) is 2.93. The minimum absolute atomic E-state index is 0.428. The standard InChI is InChI=1S/C8H16O2S/c1-2-3-8-4-6-11(9,10)7-5-8/h8H,2-7H2,1H3. The molecular formula is C8H16O2S. The third kappa shape index (κ3) is 2.81. The monoisotopic (exact) mass is 176 g/mol. The highest BCUT2D eigenvalue weighted by atomic mass is 32.2. The van der Waals surface area contributed by atoms with Crippen LogP contribution in [0.25, 0.3) is 0 Å². The van der Waals surface area contributed by atoms with Gasteiger partial charge in [-0.3, -0.25) is 0 Å². The zero-order valence-electron chi connectivity index (χ0n) is 7.04. The van der Waals surface area contributed by atoms with E-state index in [0.29, 0.717) is 17.4 Å². The molecule has 0 N–H and O–H groups in total. The highest BCUT2D eigenvalue weighted by Crippen LogP contribution is 2.22. The second-order valence-electron chi connectivity index (χ2n) is 3.38. The molecule has 0 radical (unpaired) electrons. The van der Waals surface area contributed by atoms with Crippen LogP contribution in [0.15, 0.2) is 0 Å². The minimum atomic E-state index is -2.63. The SMILES string of the molecule is CCCC1CCS(=O)(=O)CC1. The second-order valence-corrected chi connectivity index (χ2v) is 5.69. The van der Waals surface area contributed by atoms with Gasteiger partial charge in [0.1, 0.15) is 9.84 Å². The van der Waals surface area contributed by atoms with Gasteiger partial charge in [0.2, 0.25) is 0 Å². The van der Waals surface area contributed by atoms with Gasteiger partial charge in [0.25, 0.3) is 0 Å². The van der Waals surface area contributed by atoms with Gasteiger partial charge in [0.05, 0.1) is 11.5 Å². The maximum atomic E-state index is 11.0. The number of rotatable bonds is 2. The summed E-state index contributed by atoms with van der Waals surface area (Å²) in [4.78, 5) is 0. The van der Waals surface area contributed by atoms with E-state index in [0.717, 1.165) is 12.8 Å². The fourth-order valence-corrected chi connectivity index (χ4v) is 3.22. The molecule has 0 saturated carbocycles. The van der Waals surface area contributed by atoms with E-state index in [1.54, 1.807) is 0 Å². The lowest BCUT2D eigenvalue weighted by atomic mass is 9.98. The molecule has 1 saturated heterocycles. The fraction of sp³-hybridized carbons (Fsp3) is 1.00. The fourth-order valence-electron chi connectivity index (χ4n) is 1.64. The summed E-state index contributed by atoms with van der Waals surface area (Å²) in [6.45, 7) is 2.16.